The normalized spacial score (nSPS) is 24.5. The molecule has 2 N–H and O–H groups in total. The third kappa shape index (κ3) is 5.48. The van der Waals surface area contributed by atoms with Gasteiger partial charge in [-0.05, 0) is 48.8 Å². The van der Waals surface area contributed by atoms with Crippen molar-refractivity contribution in [2.75, 3.05) is 19.6 Å². The van der Waals surface area contributed by atoms with Gasteiger partial charge in [-0.25, -0.2) is 0 Å². The maximum Gasteiger partial charge on any atom is 0.227 e. The van der Waals surface area contributed by atoms with Gasteiger partial charge in [0.1, 0.15) is 0 Å². The number of piperidine rings is 1. The van der Waals surface area contributed by atoms with Gasteiger partial charge in [-0.15, -0.1) is 0 Å². The molecule has 5 nitrogen and oxygen atoms in total. The van der Waals surface area contributed by atoms with E-state index < -0.39 is 11.0 Å². The first-order chi connectivity index (χ1) is 15.0. The van der Waals surface area contributed by atoms with E-state index in [0.717, 1.165) is 18.4 Å². The van der Waals surface area contributed by atoms with E-state index >= 15 is 0 Å². The summed E-state index contributed by atoms with van der Waals surface area (Å²) in [5, 5.41) is 15.2. The Balaban J connectivity index is 1.63. The van der Waals surface area contributed by atoms with Crippen molar-refractivity contribution in [1.82, 2.24) is 10.2 Å². The predicted molar refractivity (Wildman–Crippen MR) is 128 cm³/mol. The summed E-state index contributed by atoms with van der Waals surface area (Å²) in [7, 11) is 0. The van der Waals surface area contributed by atoms with E-state index in [-0.39, 0.29) is 23.7 Å². The van der Waals surface area contributed by atoms with E-state index in [2.05, 4.69) is 5.32 Å². The van der Waals surface area contributed by atoms with Crippen LogP contribution in [-0.2, 0) is 15.2 Å². The van der Waals surface area contributed by atoms with Gasteiger partial charge in [-0.2, -0.15) is 0 Å². The predicted octanol–water partition coefficient (Wildman–Crippen LogP) is 4.75. The number of nitrogens with zero attached hydrogens (tertiary/aromatic N) is 1. The van der Waals surface area contributed by atoms with E-state index in [1.54, 1.807) is 12.1 Å². The maximum atomic E-state index is 13.5. The number of likely N-dealkylation sites (tertiary alicyclic amines) is 1. The molecule has 1 heterocycles. The molecule has 6 heteroatoms. The Labute approximate surface area is 197 Å². The molecule has 2 atom stereocenters. The molecule has 0 radical (unpaired) electrons. The third-order valence-corrected chi connectivity index (χ3v) is 7.92. The van der Waals surface area contributed by atoms with Crippen LogP contribution in [0, 0.1) is 23.2 Å². The molecule has 0 unspecified atom stereocenters. The molecule has 0 spiro atoms. The minimum Gasteiger partial charge on any atom is -0.384 e. The first-order valence-corrected chi connectivity index (χ1v) is 12.5. The standard InChI is InChI=1S/C26H39ClN2O3/c1-18(2)22(16-28-23(30)15-19-7-5-6-8-19)24(31)29-14-13-26(32,25(3,4)17-29)20-9-11-21(27)12-10-20/h9-12,18-19,22,32H,5-8,13-17H2,1-4H3,(H,28,30)/t22-,26+/m1/s1. The Kier molecular flexibility index (Phi) is 7.93. The number of carbonyl (C=O) groups is 2. The summed E-state index contributed by atoms with van der Waals surface area (Å²) in [4.78, 5) is 27.7. The van der Waals surface area contributed by atoms with E-state index in [9.17, 15) is 14.7 Å². The lowest BCUT2D eigenvalue weighted by molar-refractivity contribution is -0.157. The Bertz CT molecular complexity index is 802. The number of benzene rings is 1. The highest BCUT2D eigenvalue weighted by Crippen LogP contribution is 2.46. The fraction of sp³-hybridized carbons (Fsp3) is 0.692. The number of aliphatic hydroxyl groups is 1. The minimum atomic E-state index is -1.03. The quantitative estimate of drug-likeness (QED) is 0.614. The SMILES string of the molecule is CC(C)[C@@H](CNC(=O)CC1CCCC1)C(=O)N1CC[C@](O)(c2ccc(Cl)cc2)C(C)(C)C1. The van der Waals surface area contributed by atoms with Crippen molar-refractivity contribution in [3.63, 3.8) is 0 Å². The molecule has 32 heavy (non-hydrogen) atoms. The average molecular weight is 463 g/mol. The first kappa shape index (κ1) is 25.0. The monoisotopic (exact) mass is 462 g/mol. The van der Waals surface area contributed by atoms with Crippen molar-refractivity contribution in [3.8, 4) is 0 Å². The highest BCUT2D eigenvalue weighted by molar-refractivity contribution is 6.30. The van der Waals surface area contributed by atoms with Gasteiger partial charge in [0.05, 0.1) is 11.5 Å². The van der Waals surface area contributed by atoms with E-state index in [0.29, 0.717) is 43.4 Å². The van der Waals surface area contributed by atoms with E-state index in [1.165, 1.54) is 12.8 Å². The van der Waals surface area contributed by atoms with Gasteiger partial charge >= 0.3 is 0 Å². The number of rotatable bonds is 7. The molecule has 178 valence electrons. The molecule has 1 saturated carbocycles. The van der Waals surface area contributed by atoms with Crippen LogP contribution in [0.2, 0.25) is 5.02 Å². The van der Waals surface area contributed by atoms with Crippen LogP contribution in [0.5, 0.6) is 0 Å². The maximum absolute atomic E-state index is 13.5. The van der Waals surface area contributed by atoms with E-state index in [4.69, 9.17) is 11.6 Å². The van der Waals surface area contributed by atoms with Gasteiger partial charge in [0, 0.05) is 36.5 Å². The molecular formula is C26H39ClN2O3. The molecule has 0 aromatic heterocycles. The Morgan fingerprint density at radius 2 is 1.81 bits per heavy atom. The van der Waals surface area contributed by atoms with Gasteiger partial charge in [0.25, 0.3) is 0 Å². The number of nitrogens with one attached hydrogen (secondary N) is 1. The van der Waals surface area contributed by atoms with Crippen LogP contribution in [0.1, 0.15) is 71.8 Å². The second-order valence-electron chi connectivity index (χ2n) is 10.8. The fourth-order valence-corrected chi connectivity index (χ4v) is 5.51. The smallest absolute Gasteiger partial charge is 0.227 e. The van der Waals surface area contributed by atoms with Gasteiger partial charge in [-0.3, -0.25) is 9.59 Å². The third-order valence-electron chi connectivity index (χ3n) is 7.67. The number of hydrogen-bond acceptors (Lipinski definition) is 3. The number of hydrogen-bond donors (Lipinski definition) is 2. The molecule has 1 aliphatic heterocycles. The van der Waals surface area contributed by atoms with Crippen molar-refractivity contribution >= 4 is 23.4 Å². The molecule has 2 amide bonds. The summed E-state index contributed by atoms with van der Waals surface area (Å²) in [6.45, 7) is 9.41. The summed E-state index contributed by atoms with van der Waals surface area (Å²) in [5.41, 5.74) is -0.724. The molecule has 0 bridgehead atoms. The van der Waals surface area contributed by atoms with Gasteiger partial charge in [0.2, 0.25) is 11.8 Å². The largest absolute Gasteiger partial charge is 0.384 e. The molecule has 1 aromatic rings. The van der Waals surface area contributed by atoms with Crippen LogP contribution in [0.25, 0.3) is 0 Å². The molecule has 2 aliphatic rings. The summed E-state index contributed by atoms with van der Waals surface area (Å²) >= 11 is 6.03. The number of amides is 2. The highest BCUT2D eigenvalue weighted by atomic mass is 35.5. The van der Waals surface area contributed by atoms with Crippen molar-refractivity contribution in [1.29, 1.82) is 0 Å². The summed E-state index contributed by atoms with van der Waals surface area (Å²) in [6.07, 6.45) is 5.76. The zero-order valence-corrected chi connectivity index (χ0v) is 20.8. The molecule has 2 fully saturated rings. The van der Waals surface area contributed by atoms with Gasteiger partial charge in [0.15, 0.2) is 0 Å². The molecule has 1 aliphatic carbocycles. The lowest BCUT2D eigenvalue weighted by Gasteiger charge is -2.51. The summed E-state index contributed by atoms with van der Waals surface area (Å²) < 4.78 is 0. The van der Waals surface area contributed by atoms with Crippen molar-refractivity contribution < 1.29 is 14.7 Å². The van der Waals surface area contributed by atoms with Crippen LogP contribution < -0.4 is 5.32 Å². The van der Waals surface area contributed by atoms with Crippen LogP contribution in [0.15, 0.2) is 24.3 Å². The highest BCUT2D eigenvalue weighted by Gasteiger charge is 2.50. The average Bonchev–Trinajstić information content (AvgIpc) is 3.23. The Hall–Kier alpha value is -1.59. The Morgan fingerprint density at radius 3 is 2.38 bits per heavy atom. The van der Waals surface area contributed by atoms with Crippen LogP contribution in [0.3, 0.4) is 0 Å². The molecular weight excluding hydrogens is 424 g/mol. The Morgan fingerprint density at radius 1 is 1.19 bits per heavy atom. The fourth-order valence-electron chi connectivity index (χ4n) is 5.39. The first-order valence-electron chi connectivity index (χ1n) is 12.1. The topological polar surface area (TPSA) is 69.6 Å². The molecule has 3 rings (SSSR count). The second-order valence-corrected chi connectivity index (χ2v) is 11.2. The van der Waals surface area contributed by atoms with Crippen LogP contribution in [-0.4, -0.2) is 41.5 Å². The van der Waals surface area contributed by atoms with Crippen LogP contribution >= 0.6 is 11.6 Å². The van der Waals surface area contributed by atoms with Crippen molar-refractivity contribution in [2.24, 2.45) is 23.2 Å². The number of halogens is 1. The van der Waals surface area contributed by atoms with E-state index in [1.807, 2.05) is 44.7 Å². The van der Waals surface area contributed by atoms with Gasteiger partial charge < -0.3 is 15.3 Å². The zero-order chi connectivity index (χ0) is 23.5. The summed E-state index contributed by atoms with van der Waals surface area (Å²) in [5.74, 6) is 0.477. The second kappa shape index (κ2) is 10.1. The lowest BCUT2D eigenvalue weighted by Crippen LogP contribution is -2.58. The minimum absolute atomic E-state index is 0.0615. The lowest BCUT2D eigenvalue weighted by atomic mass is 9.66. The number of carbonyl (C=O) groups excluding carboxylic acids is 2. The molecule has 1 saturated heterocycles. The van der Waals surface area contributed by atoms with Crippen LogP contribution in [0.4, 0.5) is 0 Å². The zero-order valence-electron chi connectivity index (χ0n) is 20.0. The molecule has 1 aromatic carbocycles. The van der Waals surface area contributed by atoms with Gasteiger partial charge in [-0.1, -0.05) is 64.3 Å². The van der Waals surface area contributed by atoms with Crippen molar-refractivity contribution in [3.05, 3.63) is 34.9 Å². The van der Waals surface area contributed by atoms with Crippen molar-refractivity contribution in [2.45, 2.75) is 71.8 Å². The summed E-state index contributed by atoms with van der Waals surface area (Å²) in [6, 6.07) is 7.34.